The lowest BCUT2D eigenvalue weighted by molar-refractivity contribution is 0.0216. The summed E-state index contributed by atoms with van der Waals surface area (Å²) in [6.07, 6.45) is -0.678. The van der Waals surface area contributed by atoms with Gasteiger partial charge in [0.05, 0.1) is 18.3 Å². The van der Waals surface area contributed by atoms with Gasteiger partial charge in [-0.15, -0.1) is 0 Å². The topological polar surface area (TPSA) is 42.2 Å². The maximum absolute atomic E-state index is 11.0. The Labute approximate surface area is 210 Å². The third-order valence-electron chi connectivity index (χ3n) is 7.07. The molecule has 0 fully saturated rings. The summed E-state index contributed by atoms with van der Waals surface area (Å²) in [5.41, 5.74) is 2.28. The van der Waals surface area contributed by atoms with Crippen molar-refractivity contribution in [3.8, 4) is 6.07 Å². The Hall–Kier alpha value is -1.72. The van der Waals surface area contributed by atoms with E-state index in [1.165, 1.54) is 0 Å². The largest absolute Gasteiger partial charge is 0.411 e. The minimum atomic E-state index is -2.20. The molecule has 0 amide bonds. The van der Waals surface area contributed by atoms with Gasteiger partial charge in [0.25, 0.3) is 0 Å². The Balaban J connectivity index is 2.79. The molecule has 186 valence electrons. The van der Waals surface area contributed by atoms with Gasteiger partial charge in [-0.2, -0.15) is 5.26 Å². The van der Waals surface area contributed by atoms with Gasteiger partial charge in [-0.3, -0.25) is 0 Å². The lowest BCUT2D eigenvalue weighted by atomic mass is 9.70. The Bertz CT molecular complexity index is 869. The number of rotatable bonds is 11. The highest BCUT2D eigenvalue weighted by Gasteiger charge is 2.52. The highest BCUT2D eigenvalue weighted by molar-refractivity contribution is 6.77. The van der Waals surface area contributed by atoms with Crippen molar-refractivity contribution in [3.63, 3.8) is 0 Å². The molecule has 3 nitrogen and oxygen atoms in total. The predicted octanol–water partition coefficient (Wildman–Crippen LogP) is 8.30. The molecule has 0 aliphatic heterocycles. The normalized spacial score (nSPS) is 14.9. The molecule has 2 rings (SSSR count). The molecule has 34 heavy (non-hydrogen) atoms. The van der Waals surface area contributed by atoms with E-state index in [2.05, 4.69) is 98.4 Å². The van der Waals surface area contributed by atoms with E-state index in [0.29, 0.717) is 16.6 Å². The van der Waals surface area contributed by atoms with Crippen LogP contribution in [-0.2, 0) is 14.3 Å². The van der Waals surface area contributed by atoms with E-state index in [4.69, 9.17) is 8.85 Å². The molecule has 0 heterocycles. The molecule has 0 unspecified atom stereocenters. The maximum Gasteiger partial charge on any atom is 0.200 e. The fourth-order valence-corrected chi connectivity index (χ4v) is 12.5. The standard InChI is InChI=1S/C29H45NO2Si2/c1-22(2)34(23(3)4,24(5)6)31-25(7)28(32-33(8,9)10)29(21-30,26-17-13-11-14-18-26)27-19-15-12-16-20-27/h11-20,22-25,28H,1-10H3/t25-,28-/m0/s1. The molecule has 0 N–H and O–H groups in total. The van der Waals surface area contributed by atoms with Crippen LogP contribution in [0.15, 0.2) is 60.7 Å². The van der Waals surface area contributed by atoms with Gasteiger partial charge in [0.2, 0.25) is 8.32 Å². The quantitative estimate of drug-likeness (QED) is 0.294. The molecule has 0 bridgehead atoms. The minimum Gasteiger partial charge on any atom is -0.411 e. The van der Waals surface area contributed by atoms with Crippen LogP contribution in [0.1, 0.15) is 59.6 Å². The van der Waals surface area contributed by atoms with Crippen LogP contribution in [0.2, 0.25) is 36.3 Å². The smallest absolute Gasteiger partial charge is 0.200 e. The van der Waals surface area contributed by atoms with E-state index < -0.39 is 28.2 Å². The third kappa shape index (κ3) is 5.74. The first-order chi connectivity index (χ1) is 15.8. The van der Waals surface area contributed by atoms with Gasteiger partial charge in [0.1, 0.15) is 5.41 Å². The second-order valence-corrected chi connectivity index (χ2v) is 21.3. The Morgan fingerprint density at radius 2 is 1.06 bits per heavy atom. The molecule has 0 aromatic heterocycles. The van der Waals surface area contributed by atoms with Crippen LogP contribution in [0.3, 0.4) is 0 Å². The first kappa shape index (κ1) is 28.5. The van der Waals surface area contributed by atoms with Crippen molar-refractivity contribution in [2.45, 2.75) is 102 Å². The summed E-state index contributed by atoms with van der Waals surface area (Å²) in [5.74, 6) is 0. The molecular weight excluding hydrogens is 450 g/mol. The van der Waals surface area contributed by atoms with Crippen molar-refractivity contribution in [1.82, 2.24) is 0 Å². The summed E-state index contributed by atoms with van der Waals surface area (Å²) in [4.78, 5) is 0. The van der Waals surface area contributed by atoms with Crippen LogP contribution in [0, 0.1) is 11.3 Å². The molecule has 0 saturated heterocycles. The third-order valence-corrected chi connectivity index (χ3v) is 14.2. The Morgan fingerprint density at radius 3 is 1.35 bits per heavy atom. The summed E-state index contributed by atoms with van der Waals surface area (Å²) in [6, 6.07) is 23.0. The van der Waals surface area contributed by atoms with Crippen LogP contribution in [0.4, 0.5) is 0 Å². The van der Waals surface area contributed by atoms with Crippen molar-refractivity contribution >= 4 is 16.6 Å². The summed E-state index contributed by atoms with van der Waals surface area (Å²) in [6.45, 7) is 22.6. The van der Waals surface area contributed by atoms with Gasteiger partial charge in [-0.1, -0.05) is 102 Å². The molecule has 0 aliphatic rings. The first-order valence-corrected chi connectivity index (χ1v) is 18.3. The zero-order valence-corrected chi connectivity index (χ0v) is 24.9. The van der Waals surface area contributed by atoms with Crippen molar-refractivity contribution in [2.75, 3.05) is 0 Å². The van der Waals surface area contributed by atoms with Gasteiger partial charge in [-0.05, 0) is 54.3 Å². The van der Waals surface area contributed by atoms with Crippen molar-refractivity contribution in [2.24, 2.45) is 0 Å². The van der Waals surface area contributed by atoms with Gasteiger partial charge >= 0.3 is 0 Å². The average molecular weight is 496 g/mol. The Kier molecular flexibility index (Phi) is 9.52. The van der Waals surface area contributed by atoms with E-state index in [1.807, 2.05) is 36.4 Å². The minimum absolute atomic E-state index is 0.245. The summed E-state index contributed by atoms with van der Waals surface area (Å²) in [7, 11) is -4.24. The highest BCUT2D eigenvalue weighted by atomic mass is 28.4. The van der Waals surface area contributed by atoms with Crippen LogP contribution in [0.5, 0.6) is 0 Å². The average Bonchev–Trinajstić information content (AvgIpc) is 2.77. The molecule has 5 heteroatoms. The first-order valence-electron chi connectivity index (χ1n) is 12.7. The van der Waals surface area contributed by atoms with E-state index in [1.54, 1.807) is 0 Å². The van der Waals surface area contributed by atoms with Crippen molar-refractivity contribution in [1.29, 1.82) is 5.26 Å². The molecule has 0 aliphatic carbocycles. The number of hydrogen-bond donors (Lipinski definition) is 0. The van der Waals surface area contributed by atoms with Crippen molar-refractivity contribution in [3.05, 3.63) is 71.8 Å². The number of benzene rings is 2. The van der Waals surface area contributed by atoms with E-state index in [0.717, 1.165) is 11.1 Å². The Morgan fingerprint density at radius 1 is 0.676 bits per heavy atom. The van der Waals surface area contributed by atoms with Gasteiger partial charge in [0, 0.05) is 0 Å². The summed E-state index contributed by atoms with van der Waals surface area (Å²) < 4.78 is 14.2. The fraction of sp³-hybridized carbons (Fsp3) is 0.552. The second kappa shape index (κ2) is 11.3. The fourth-order valence-electron chi connectivity index (χ4n) is 5.80. The predicted molar refractivity (Wildman–Crippen MR) is 149 cm³/mol. The van der Waals surface area contributed by atoms with Crippen LogP contribution < -0.4 is 0 Å². The van der Waals surface area contributed by atoms with Gasteiger partial charge in [-0.25, -0.2) is 0 Å². The molecule has 0 radical (unpaired) electrons. The van der Waals surface area contributed by atoms with Gasteiger partial charge in [0.15, 0.2) is 8.32 Å². The summed E-state index contributed by atoms with van der Waals surface area (Å²) in [5, 5.41) is 11.0. The molecule has 2 aromatic rings. The molecule has 0 saturated carbocycles. The molecule has 2 aromatic carbocycles. The molecular formula is C29H45NO2Si2. The van der Waals surface area contributed by atoms with Crippen LogP contribution in [0.25, 0.3) is 0 Å². The lowest BCUT2D eigenvalue weighted by Gasteiger charge is -2.49. The zero-order valence-electron chi connectivity index (χ0n) is 22.9. The van der Waals surface area contributed by atoms with Gasteiger partial charge < -0.3 is 8.85 Å². The second-order valence-electron chi connectivity index (χ2n) is 11.4. The summed E-state index contributed by atoms with van der Waals surface area (Å²) >= 11 is 0. The number of hydrogen-bond acceptors (Lipinski definition) is 3. The number of nitrogens with zero attached hydrogens (tertiary/aromatic N) is 1. The lowest BCUT2D eigenvalue weighted by Crippen LogP contribution is -2.57. The molecule has 0 spiro atoms. The number of nitriles is 1. The highest BCUT2D eigenvalue weighted by Crippen LogP contribution is 2.46. The van der Waals surface area contributed by atoms with E-state index in [-0.39, 0.29) is 6.10 Å². The monoisotopic (exact) mass is 495 g/mol. The maximum atomic E-state index is 11.0. The van der Waals surface area contributed by atoms with Crippen LogP contribution >= 0.6 is 0 Å². The zero-order chi connectivity index (χ0) is 25.7. The van der Waals surface area contributed by atoms with Crippen molar-refractivity contribution < 1.29 is 8.85 Å². The van der Waals surface area contributed by atoms with E-state index >= 15 is 0 Å². The van der Waals surface area contributed by atoms with Crippen LogP contribution in [-0.4, -0.2) is 28.8 Å². The molecule has 2 atom stereocenters. The van der Waals surface area contributed by atoms with E-state index in [9.17, 15) is 5.26 Å². The SMILES string of the molecule is CC(C)[Si](O[C@@H](C)[C@H](O[Si](C)(C)C)C(C#N)(c1ccccc1)c1ccccc1)(C(C)C)C(C)C.